The van der Waals surface area contributed by atoms with Crippen LogP contribution in [-0.2, 0) is 0 Å². The average molecular weight is 292 g/mol. The van der Waals surface area contributed by atoms with Gasteiger partial charge < -0.3 is 5.11 Å². The number of hydrogen-bond donors (Lipinski definition) is 1. The molecule has 0 bridgehead atoms. The van der Waals surface area contributed by atoms with Gasteiger partial charge in [-0.25, -0.2) is 9.48 Å². The highest BCUT2D eigenvalue weighted by molar-refractivity contribution is 5.96. The zero-order valence-electron chi connectivity index (χ0n) is 12.4. The van der Waals surface area contributed by atoms with E-state index in [0.29, 0.717) is 11.1 Å². The quantitative estimate of drug-likeness (QED) is 0.797. The molecule has 110 valence electrons. The highest BCUT2D eigenvalue weighted by Crippen LogP contribution is 2.31. The minimum absolute atomic E-state index is 0.293. The second kappa shape index (κ2) is 5.48. The summed E-state index contributed by atoms with van der Waals surface area (Å²) in [5.74, 6) is -0.929. The first-order chi connectivity index (χ1) is 10.6. The van der Waals surface area contributed by atoms with Gasteiger partial charge in [-0.1, -0.05) is 36.4 Å². The monoisotopic (exact) mass is 292 g/mol. The first-order valence-corrected chi connectivity index (χ1v) is 7.04. The van der Waals surface area contributed by atoms with E-state index in [-0.39, 0.29) is 0 Å². The molecule has 3 rings (SSSR count). The van der Waals surface area contributed by atoms with Gasteiger partial charge in [0.05, 0.1) is 16.9 Å². The van der Waals surface area contributed by atoms with Crippen molar-refractivity contribution in [1.82, 2.24) is 9.78 Å². The molecule has 0 atom stereocenters. The smallest absolute Gasteiger partial charge is 0.336 e. The van der Waals surface area contributed by atoms with Crippen molar-refractivity contribution in [3.05, 3.63) is 71.5 Å². The Bertz CT molecular complexity index is 836. The molecule has 2 aromatic carbocycles. The Morgan fingerprint density at radius 2 is 1.64 bits per heavy atom. The second-order valence-electron chi connectivity index (χ2n) is 5.14. The molecule has 0 radical (unpaired) electrons. The first-order valence-electron chi connectivity index (χ1n) is 7.04. The number of aromatic carboxylic acids is 1. The van der Waals surface area contributed by atoms with E-state index in [1.165, 1.54) is 0 Å². The van der Waals surface area contributed by atoms with Crippen LogP contribution in [0.25, 0.3) is 16.8 Å². The standard InChI is InChI=1S/C18H16N2O2/c1-12-17(15-10-6-7-11-16(15)18(21)22)13(2)20(19-12)14-8-4-3-5-9-14/h3-11H,1-2H3,(H,21,22). The van der Waals surface area contributed by atoms with Crippen LogP contribution < -0.4 is 0 Å². The summed E-state index contributed by atoms with van der Waals surface area (Å²) in [6.45, 7) is 3.86. The number of carbonyl (C=O) groups is 1. The third-order valence-electron chi connectivity index (χ3n) is 3.72. The molecule has 0 unspecified atom stereocenters. The van der Waals surface area contributed by atoms with Gasteiger partial charge in [0.25, 0.3) is 0 Å². The van der Waals surface area contributed by atoms with Crippen LogP contribution in [0.3, 0.4) is 0 Å². The topological polar surface area (TPSA) is 55.1 Å². The Morgan fingerprint density at radius 3 is 2.32 bits per heavy atom. The molecular weight excluding hydrogens is 276 g/mol. The molecule has 1 aromatic heterocycles. The van der Waals surface area contributed by atoms with Gasteiger partial charge in [0.1, 0.15) is 0 Å². The number of carboxylic acids is 1. The maximum atomic E-state index is 11.5. The van der Waals surface area contributed by atoms with Crippen LogP contribution >= 0.6 is 0 Å². The van der Waals surface area contributed by atoms with Crippen molar-refractivity contribution in [2.75, 3.05) is 0 Å². The Kier molecular flexibility index (Phi) is 3.51. The molecule has 0 aliphatic carbocycles. The fraction of sp³-hybridized carbons (Fsp3) is 0.111. The molecule has 22 heavy (non-hydrogen) atoms. The van der Waals surface area contributed by atoms with Gasteiger partial charge in [-0.05, 0) is 37.6 Å². The van der Waals surface area contributed by atoms with Crippen LogP contribution in [0.5, 0.6) is 0 Å². The van der Waals surface area contributed by atoms with Crippen molar-refractivity contribution in [2.24, 2.45) is 0 Å². The third kappa shape index (κ3) is 2.29. The van der Waals surface area contributed by atoms with Gasteiger partial charge in [-0.2, -0.15) is 5.10 Å². The molecule has 3 aromatic rings. The van der Waals surface area contributed by atoms with E-state index in [9.17, 15) is 9.90 Å². The highest BCUT2D eigenvalue weighted by atomic mass is 16.4. The first kappa shape index (κ1) is 14.1. The number of aryl methyl sites for hydroxylation is 1. The van der Waals surface area contributed by atoms with Crippen molar-refractivity contribution < 1.29 is 9.90 Å². The molecule has 1 N–H and O–H groups in total. The second-order valence-corrected chi connectivity index (χ2v) is 5.14. The van der Waals surface area contributed by atoms with E-state index in [1.54, 1.807) is 12.1 Å². The number of rotatable bonds is 3. The van der Waals surface area contributed by atoms with Crippen LogP contribution in [0.2, 0.25) is 0 Å². The van der Waals surface area contributed by atoms with E-state index < -0.39 is 5.97 Å². The molecule has 0 spiro atoms. The molecule has 0 saturated carbocycles. The van der Waals surface area contributed by atoms with Crippen LogP contribution in [0.15, 0.2) is 54.6 Å². The molecule has 0 fully saturated rings. The fourth-order valence-electron chi connectivity index (χ4n) is 2.74. The largest absolute Gasteiger partial charge is 0.478 e. The van der Waals surface area contributed by atoms with Crippen molar-refractivity contribution >= 4 is 5.97 Å². The Labute approximate surface area is 128 Å². The number of benzene rings is 2. The molecule has 1 heterocycles. The van der Waals surface area contributed by atoms with Gasteiger partial charge in [-0.3, -0.25) is 0 Å². The van der Waals surface area contributed by atoms with Crippen LogP contribution in [0.1, 0.15) is 21.7 Å². The number of carboxylic acid groups (broad SMARTS) is 1. The molecule has 0 saturated heterocycles. The number of aromatic nitrogens is 2. The lowest BCUT2D eigenvalue weighted by atomic mass is 9.98. The molecular formula is C18H16N2O2. The number of para-hydroxylation sites is 1. The van der Waals surface area contributed by atoms with Gasteiger partial charge >= 0.3 is 5.97 Å². The van der Waals surface area contributed by atoms with Crippen molar-refractivity contribution in [2.45, 2.75) is 13.8 Å². The molecule has 4 heteroatoms. The Hall–Kier alpha value is -2.88. The SMILES string of the molecule is Cc1nn(-c2ccccc2)c(C)c1-c1ccccc1C(=O)O. The predicted octanol–water partition coefficient (Wildman–Crippen LogP) is 3.85. The summed E-state index contributed by atoms with van der Waals surface area (Å²) in [4.78, 5) is 11.5. The van der Waals surface area contributed by atoms with Crippen LogP contribution in [0.4, 0.5) is 0 Å². The van der Waals surface area contributed by atoms with E-state index in [2.05, 4.69) is 5.10 Å². The molecule has 0 aliphatic rings. The van der Waals surface area contributed by atoms with Crippen LogP contribution in [0, 0.1) is 13.8 Å². The average Bonchev–Trinajstić information content (AvgIpc) is 2.83. The lowest BCUT2D eigenvalue weighted by molar-refractivity contribution is 0.0698. The maximum absolute atomic E-state index is 11.5. The summed E-state index contributed by atoms with van der Waals surface area (Å²) in [7, 11) is 0. The maximum Gasteiger partial charge on any atom is 0.336 e. The normalized spacial score (nSPS) is 10.6. The van der Waals surface area contributed by atoms with Crippen molar-refractivity contribution in [3.63, 3.8) is 0 Å². The Morgan fingerprint density at radius 1 is 1.00 bits per heavy atom. The number of nitrogens with zero attached hydrogens (tertiary/aromatic N) is 2. The molecule has 0 aliphatic heterocycles. The molecule has 4 nitrogen and oxygen atoms in total. The minimum Gasteiger partial charge on any atom is -0.478 e. The van der Waals surface area contributed by atoms with Crippen molar-refractivity contribution in [3.8, 4) is 16.8 Å². The fourth-order valence-corrected chi connectivity index (χ4v) is 2.74. The third-order valence-corrected chi connectivity index (χ3v) is 3.72. The Balaban J connectivity index is 2.22. The summed E-state index contributed by atoms with van der Waals surface area (Å²) in [6.07, 6.45) is 0. The predicted molar refractivity (Wildman–Crippen MR) is 85.4 cm³/mol. The van der Waals surface area contributed by atoms with Gasteiger partial charge in [-0.15, -0.1) is 0 Å². The lowest BCUT2D eigenvalue weighted by Gasteiger charge is -2.08. The highest BCUT2D eigenvalue weighted by Gasteiger charge is 2.19. The van der Waals surface area contributed by atoms with E-state index in [1.807, 2.05) is 61.0 Å². The summed E-state index contributed by atoms with van der Waals surface area (Å²) in [5, 5.41) is 14.0. The zero-order valence-corrected chi connectivity index (χ0v) is 12.4. The summed E-state index contributed by atoms with van der Waals surface area (Å²) < 4.78 is 1.85. The lowest BCUT2D eigenvalue weighted by Crippen LogP contribution is -2.01. The summed E-state index contributed by atoms with van der Waals surface area (Å²) in [6, 6.07) is 16.9. The van der Waals surface area contributed by atoms with Crippen LogP contribution in [-0.4, -0.2) is 20.9 Å². The molecule has 0 amide bonds. The van der Waals surface area contributed by atoms with Gasteiger partial charge in [0.2, 0.25) is 0 Å². The van der Waals surface area contributed by atoms with Crippen molar-refractivity contribution in [1.29, 1.82) is 0 Å². The van der Waals surface area contributed by atoms with E-state index in [4.69, 9.17) is 0 Å². The number of hydrogen-bond acceptors (Lipinski definition) is 2. The zero-order chi connectivity index (χ0) is 15.7. The minimum atomic E-state index is -0.929. The van der Waals surface area contributed by atoms with Gasteiger partial charge in [0, 0.05) is 11.3 Å². The summed E-state index contributed by atoms with van der Waals surface area (Å²) >= 11 is 0. The van der Waals surface area contributed by atoms with E-state index >= 15 is 0 Å². The van der Waals surface area contributed by atoms with Gasteiger partial charge in [0.15, 0.2) is 0 Å². The summed E-state index contributed by atoms with van der Waals surface area (Å²) in [5.41, 5.74) is 4.57. The van der Waals surface area contributed by atoms with E-state index in [0.717, 1.165) is 22.6 Å².